The molecule has 0 bridgehead atoms. The van der Waals surface area contributed by atoms with E-state index in [1.807, 2.05) is 37.3 Å². The summed E-state index contributed by atoms with van der Waals surface area (Å²) in [4.78, 5) is 40.0. The molecule has 27 heavy (non-hydrogen) atoms. The summed E-state index contributed by atoms with van der Waals surface area (Å²) in [6.07, 6.45) is 1.96. The van der Waals surface area contributed by atoms with Gasteiger partial charge in [0.05, 0.1) is 16.9 Å². The molecule has 136 valence electrons. The van der Waals surface area contributed by atoms with Gasteiger partial charge in [0.2, 0.25) is 11.8 Å². The summed E-state index contributed by atoms with van der Waals surface area (Å²) < 4.78 is 1.73. The third-order valence-corrected chi connectivity index (χ3v) is 4.51. The van der Waals surface area contributed by atoms with Crippen molar-refractivity contribution in [2.75, 3.05) is 0 Å². The van der Waals surface area contributed by atoms with Gasteiger partial charge >= 0.3 is 0 Å². The van der Waals surface area contributed by atoms with Crippen LogP contribution in [0.5, 0.6) is 0 Å². The Morgan fingerprint density at radius 2 is 2.04 bits per heavy atom. The molecule has 4 rings (SSSR count). The molecule has 1 unspecified atom stereocenters. The molecule has 3 heterocycles. The zero-order valence-electron chi connectivity index (χ0n) is 14.6. The normalized spacial score (nSPS) is 17.0. The second kappa shape index (κ2) is 6.64. The van der Waals surface area contributed by atoms with Crippen molar-refractivity contribution in [3.63, 3.8) is 0 Å². The standard InChI is InChI=1S/C19H17N5O3/c1-11-14-9-12(18(26)21-15-7-8-16(25)22-19(15)27)10-20-17(14)24(23-11)13-5-3-2-4-6-13/h2-6,9-10,15H,7-8H2,1H3,(H,21,26)(H,22,25,27). The molecule has 1 aliphatic heterocycles. The molecule has 3 aromatic rings. The van der Waals surface area contributed by atoms with Gasteiger partial charge in [-0.15, -0.1) is 0 Å². The van der Waals surface area contributed by atoms with Gasteiger partial charge in [-0.2, -0.15) is 5.10 Å². The third kappa shape index (κ3) is 3.17. The van der Waals surface area contributed by atoms with Crippen LogP contribution in [0.2, 0.25) is 0 Å². The number of carbonyl (C=O) groups is 3. The van der Waals surface area contributed by atoms with E-state index in [4.69, 9.17) is 0 Å². The van der Waals surface area contributed by atoms with Gasteiger partial charge in [-0.3, -0.25) is 19.7 Å². The molecule has 0 radical (unpaired) electrons. The number of aromatic nitrogens is 3. The number of nitrogens with one attached hydrogen (secondary N) is 2. The van der Waals surface area contributed by atoms with Gasteiger partial charge in [0, 0.05) is 18.0 Å². The van der Waals surface area contributed by atoms with Crippen LogP contribution < -0.4 is 10.6 Å². The summed E-state index contributed by atoms with van der Waals surface area (Å²) in [5.41, 5.74) is 2.61. The molecular formula is C19H17N5O3. The zero-order chi connectivity index (χ0) is 19.0. The van der Waals surface area contributed by atoms with Crippen LogP contribution in [-0.2, 0) is 9.59 Å². The number of rotatable bonds is 3. The molecule has 0 aliphatic carbocycles. The highest BCUT2D eigenvalue weighted by molar-refractivity contribution is 6.04. The number of pyridine rings is 1. The van der Waals surface area contributed by atoms with E-state index in [0.717, 1.165) is 16.8 Å². The number of benzene rings is 1. The highest BCUT2D eigenvalue weighted by Crippen LogP contribution is 2.21. The van der Waals surface area contributed by atoms with Gasteiger partial charge in [-0.25, -0.2) is 9.67 Å². The Labute approximate surface area is 154 Å². The summed E-state index contributed by atoms with van der Waals surface area (Å²) in [5, 5.41) is 10.2. The number of amides is 3. The Hall–Kier alpha value is -3.55. The zero-order valence-corrected chi connectivity index (χ0v) is 14.6. The lowest BCUT2D eigenvalue weighted by Gasteiger charge is -2.21. The Morgan fingerprint density at radius 1 is 1.26 bits per heavy atom. The van der Waals surface area contributed by atoms with Crippen LogP contribution in [0.4, 0.5) is 0 Å². The van der Waals surface area contributed by atoms with Gasteiger partial charge in [0.25, 0.3) is 5.91 Å². The molecule has 8 nitrogen and oxygen atoms in total. The Kier molecular flexibility index (Phi) is 4.15. The molecule has 0 saturated carbocycles. The van der Waals surface area contributed by atoms with Crippen molar-refractivity contribution in [3.8, 4) is 5.69 Å². The van der Waals surface area contributed by atoms with Crippen molar-refractivity contribution < 1.29 is 14.4 Å². The maximum absolute atomic E-state index is 12.5. The number of hydrogen-bond acceptors (Lipinski definition) is 5. The number of hydrogen-bond donors (Lipinski definition) is 2. The van der Waals surface area contributed by atoms with E-state index in [1.165, 1.54) is 6.20 Å². The van der Waals surface area contributed by atoms with Crippen LogP contribution in [0.15, 0.2) is 42.6 Å². The van der Waals surface area contributed by atoms with Crippen molar-refractivity contribution in [2.45, 2.75) is 25.8 Å². The lowest BCUT2D eigenvalue weighted by Crippen LogP contribution is -2.52. The van der Waals surface area contributed by atoms with Gasteiger partial charge in [-0.1, -0.05) is 18.2 Å². The van der Waals surface area contributed by atoms with E-state index in [1.54, 1.807) is 10.7 Å². The van der Waals surface area contributed by atoms with E-state index in [-0.39, 0.29) is 18.7 Å². The second-order valence-corrected chi connectivity index (χ2v) is 6.41. The molecule has 3 amide bonds. The summed E-state index contributed by atoms with van der Waals surface area (Å²) in [7, 11) is 0. The second-order valence-electron chi connectivity index (χ2n) is 6.41. The van der Waals surface area contributed by atoms with Gasteiger partial charge in [0.1, 0.15) is 6.04 Å². The molecule has 1 atom stereocenters. The van der Waals surface area contributed by atoms with E-state index in [2.05, 4.69) is 20.7 Å². The van der Waals surface area contributed by atoms with E-state index >= 15 is 0 Å². The first kappa shape index (κ1) is 16.9. The fraction of sp³-hybridized carbons (Fsp3) is 0.211. The Morgan fingerprint density at radius 3 is 2.78 bits per heavy atom. The minimum Gasteiger partial charge on any atom is -0.340 e. The summed E-state index contributed by atoms with van der Waals surface area (Å²) in [5.74, 6) is -1.22. The third-order valence-electron chi connectivity index (χ3n) is 4.51. The predicted molar refractivity (Wildman–Crippen MR) is 97.2 cm³/mol. The van der Waals surface area contributed by atoms with Crippen molar-refractivity contribution >= 4 is 28.8 Å². The van der Waals surface area contributed by atoms with Crippen molar-refractivity contribution in [1.82, 2.24) is 25.4 Å². The first-order valence-corrected chi connectivity index (χ1v) is 8.58. The Bertz CT molecular complexity index is 1060. The highest BCUT2D eigenvalue weighted by atomic mass is 16.2. The molecule has 2 N–H and O–H groups in total. The highest BCUT2D eigenvalue weighted by Gasteiger charge is 2.28. The summed E-state index contributed by atoms with van der Waals surface area (Å²) in [6, 6.07) is 10.6. The predicted octanol–water partition coefficient (Wildman–Crippen LogP) is 1.26. The summed E-state index contributed by atoms with van der Waals surface area (Å²) in [6.45, 7) is 1.85. The fourth-order valence-electron chi connectivity index (χ4n) is 3.09. The van der Waals surface area contributed by atoms with Crippen molar-refractivity contribution in [3.05, 3.63) is 53.9 Å². The number of carbonyl (C=O) groups excluding carboxylic acids is 3. The van der Waals surface area contributed by atoms with Crippen LogP contribution >= 0.6 is 0 Å². The number of aryl methyl sites for hydroxylation is 1. The largest absolute Gasteiger partial charge is 0.340 e. The maximum atomic E-state index is 12.5. The Balaban J connectivity index is 1.62. The minimum absolute atomic E-state index is 0.205. The number of piperidine rings is 1. The first-order valence-electron chi connectivity index (χ1n) is 8.58. The van der Waals surface area contributed by atoms with E-state index in [0.29, 0.717) is 11.2 Å². The van der Waals surface area contributed by atoms with Gasteiger partial charge in [0.15, 0.2) is 5.65 Å². The minimum atomic E-state index is -0.723. The average molecular weight is 363 g/mol. The van der Waals surface area contributed by atoms with Crippen LogP contribution in [-0.4, -0.2) is 38.5 Å². The molecule has 0 spiro atoms. The summed E-state index contributed by atoms with van der Waals surface area (Å²) >= 11 is 0. The van der Waals surface area contributed by atoms with Crippen LogP contribution in [0.3, 0.4) is 0 Å². The van der Waals surface area contributed by atoms with E-state index in [9.17, 15) is 14.4 Å². The fourth-order valence-corrected chi connectivity index (χ4v) is 3.09. The molecule has 1 aromatic carbocycles. The van der Waals surface area contributed by atoms with Crippen LogP contribution in [0, 0.1) is 6.92 Å². The number of fused-ring (bicyclic) bond motifs is 1. The molecule has 1 saturated heterocycles. The van der Waals surface area contributed by atoms with Crippen molar-refractivity contribution in [2.24, 2.45) is 0 Å². The SMILES string of the molecule is Cc1nn(-c2ccccc2)c2ncc(C(=O)NC3CCC(=O)NC3=O)cc12. The number of nitrogens with zero attached hydrogens (tertiary/aromatic N) is 3. The first-order chi connectivity index (χ1) is 13.0. The molecule has 8 heteroatoms. The molecule has 1 aliphatic rings. The molecule has 2 aromatic heterocycles. The maximum Gasteiger partial charge on any atom is 0.253 e. The van der Waals surface area contributed by atoms with Crippen LogP contribution in [0.1, 0.15) is 28.9 Å². The van der Waals surface area contributed by atoms with Gasteiger partial charge < -0.3 is 5.32 Å². The topological polar surface area (TPSA) is 106 Å². The van der Waals surface area contributed by atoms with Crippen molar-refractivity contribution in [1.29, 1.82) is 0 Å². The average Bonchev–Trinajstić information content (AvgIpc) is 3.01. The molecular weight excluding hydrogens is 346 g/mol. The van der Waals surface area contributed by atoms with Crippen LogP contribution in [0.25, 0.3) is 16.7 Å². The monoisotopic (exact) mass is 363 g/mol. The lowest BCUT2D eigenvalue weighted by atomic mass is 10.1. The quantitative estimate of drug-likeness (QED) is 0.682. The molecule has 1 fully saturated rings. The lowest BCUT2D eigenvalue weighted by molar-refractivity contribution is -0.134. The van der Waals surface area contributed by atoms with E-state index < -0.39 is 17.9 Å². The smallest absolute Gasteiger partial charge is 0.253 e. The number of para-hydroxylation sites is 1. The number of imide groups is 1. The van der Waals surface area contributed by atoms with Gasteiger partial charge in [-0.05, 0) is 31.5 Å².